The summed E-state index contributed by atoms with van der Waals surface area (Å²) in [6.45, 7) is 5.24. The van der Waals surface area contributed by atoms with Gasteiger partial charge in [-0.25, -0.2) is 0 Å². The van der Waals surface area contributed by atoms with Crippen molar-refractivity contribution in [3.05, 3.63) is 23.7 Å². The monoisotopic (exact) mass is 247 g/mol. The first-order chi connectivity index (χ1) is 8.74. The maximum absolute atomic E-state index is 12.1. The second-order valence-corrected chi connectivity index (χ2v) is 4.35. The lowest BCUT2D eigenvalue weighted by Crippen LogP contribution is -2.48. The molecule has 1 aromatic rings. The molecule has 0 saturated carbocycles. The number of nitriles is 1. The molecule has 0 atom stereocenters. The highest BCUT2D eigenvalue weighted by Gasteiger charge is 2.23. The van der Waals surface area contributed by atoms with Gasteiger partial charge in [-0.2, -0.15) is 5.26 Å². The van der Waals surface area contributed by atoms with Gasteiger partial charge in [-0.05, 0) is 12.1 Å². The molecule has 0 spiro atoms. The average Bonchev–Trinajstić information content (AvgIpc) is 2.88. The molecule has 1 amide bonds. The summed E-state index contributed by atoms with van der Waals surface area (Å²) in [6.07, 6.45) is 0.795. The lowest BCUT2D eigenvalue weighted by Gasteiger charge is -2.32. The first kappa shape index (κ1) is 12.7. The van der Waals surface area contributed by atoms with Crippen molar-refractivity contribution in [2.45, 2.75) is 13.3 Å². The third kappa shape index (κ3) is 2.71. The van der Waals surface area contributed by atoms with Crippen molar-refractivity contribution >= 4 is 5.91 Å². The molecule has 0 aromatic carbocycles. The number of nitrogens with zero attached hydrogens (tertiary/aromatic N) is 3. The van der Waals surface area contributed by atoms with Gasteiger partial charge in [-0.1, -0.05) is 6.92 Å². The van der Waals surface area contributed by atoms with Crippen molar-refractivity contribution in [3.63, 3.8) is 0 Å². The average molecular weight is 247 g/mol. The first-order valence-corrected chi connectivity index (χ1v) is 6.22. The minimum absolute atomic E-state index is 0.0497. The minimum atomic E-state index is -0.0497. The molecule has 5 heteroatoms. The lowest BCUT2D eigenvalue weighted by atomic mass is 10.3. The fourth-order valence-corrected chi connectivity index (χ4v) is 2.05. The molecule has 96 valence electrons. The van der Waals surface area contributed by atoms with Crippen molar-refractivity contribution in [1.29, 1.82) is 5.26 Å². The summed E-state index contributed by atoms with van der Waals surface area (Å²) in [6, 6.07) is 5.71. The van der Waals surface area contributed by atoms with E-state index < -0.39 is 0 Å². The molecule has 1 aliphatic rings. The second kappa shape index (κ2) is 5.69. The molecule has 18 heavy (non-hydrogen) atoms. The maximum atomic E-state index is 12.1. The Morgan fingerprint density at radius 3 is 2.67 bits per heavy atom. The smallest absolute Gasteiger partial charge is 0.289 e. The molecule has 2 heterocycles. The molecular formula is C13H17N3O2. The highest BCUT2D eigenvalue weighted by Crippen LogP contribution is 2.12. The van der Waals surface area contributed by atoms with Crippen molar-refractivity contribution in [2.75, 3.05) is 32.7 Å². The van der Waals surface area contributed by atoms with E-state index >= 15 is 0 Å². The zero-order valence-corrected chi connectivity index (χ0v) is 10.6. The molecule has 5 nitrogen and oxygen atoms in total. The van der Waals surface area contributed by atoms with Gasteiger partial charge in [0.1, 0.15) is 5.76 Å². The second-order valence-electron chi connectivity index (χ2n) is 4.35. The Hall–Kier alpha value is -1.80. The number of amides is 1. The predicted octanol–water partition coefficient (Wildman–Crippen LogP) is 1.12. The van der Waals surface area contributed by atoms with Crippen LogP contribution in [0.2, 0.25) is 0 Å². The van der Waals surface area contributed by atoms with Crippen LogP contribution in [0.15, 0.2) is 16.5 Å². The Bertz CT molecular complexity index is 453. The van der Waals surface area contributed by atoms with Gasteiger partial charge < -0.3 is 9.32 Å². The number of hydrogen-bond acceptors (Lipinski definition) is 4. The number of piperazine rings is 1. The number of rotatable bonds is 3. The van der Waals surface area contributed by atoms with E-state index in [-0.39, 0.29) is 5.91 Å². The number of carbonyl (C=O) groups is 1. The Morgan fingerprint density at radius 1 is 1.39 bits per heavy atom. The molecule has 0 aliphatic carbocycles. The summed E-state index contributed by atoms with van der Waals surface area (Å²) >= 11 is 0. The molecule has 0 unspecified atom stereocenters. The van der Waals surface area contributed by atoms with Gasteiger partial charge >= 0.3 is 0 Å². The van der Waals surface area contributed by atoms with Crippen molar-refractivity contribution < 1.29 is 9.21 Å². The van der Waals surface area contributed by atoms with E-state index in [1.807, 2.05) is 17.9 Å². The van der Waals surface area contributed by atoms with Crippen LogP contribution in [0.5, 0.6) is 0 Å². The van der Waals surface area contributed by atoms with E-state index in [4.69, 9.17) is 9.68 Å². The normalized spacial score (nSPS) is 16.6. The summed E-state index contributed by atoms with van der Waals surface area (Å²) in [4.78, 5) is 16.0. The van der Waals surface area contributed by atoms with Crippen LogP contribution in [0.3, 0.4) is 0 Å². The molecule has 0 bridgehead atoms. The highest BCUT2D eigenvalue weighted by molar-refractivity contribution is 5.91. The summed E-state index contributed by atoms with van der Waals surface area (Å²) < 4.78 is 5.46. The number of furan rings is 1. The van der Waals surface area contributed by atoms with E-state index in [9.17, 15) is 4.79 Å². The van der Waals surface area contributed by atoms with Gasteiger partial charge in [0.05, 0.1) is 12.6 Å². The molecule has 1 aromatic heterocycles. The van der Waals surface area contributed by atoms with Gasteiger partial charge in [0.15, 0.2) is 5.76 Å². The van der Waals surface area contributed by atoms with E-state index in [1.165, 1.54) is 0 Å². The molecule has 0 radical (unpaired) electrons. The fourth-order valence-electron chi connectivity index (χ4n) is 2.05. The van der Waals surface area contributed by atoms with Crippen molar-refractivity contribution in [2.24, 2.45) is 0 Å². The van der Waals surface area contributed by atoms with E-state index in [0.717, 1.165) is 25.3 Å². The molecule has 1 saturated heterocycles. The molecule has 1 aliphatic heterocycles. The Kier molecular flexibility index (Phi) is 4.00. The van der Waals surface area contributed by atoms with Gasteiger partial charge in [-0.3, -0.25) is 9.69 Å². The van der Waals surface area contributed by atoms with E-state index in [2.05, 4.69) is 6.07 Å². The SMILES string of the molecule is CCc1ccc(C(=O)N2CCN(CC#N)CC2)o1. The lowest BCUT2D eigenvalue weighted by molar-refractivity contribution is 0.0619. The number of carbonyl (C=O) groups excluding carboxylic acids is 1. The summed E-state index contributed by atoms with van der Waals surface area (Å²) in [5.41, 5.74) is 0. The number of aryl methyl sites for hydroxylation is 1. The van der Waals surface area contributed by atoms with Gasteiger partial charge in [-0.15, -0.1) is 0 Å². The number of hydrogen-bond donors (Lipinski definition) is 0. The molecule has 2 rings (SSSR count). The molecule has 1 fully saturated rings. The topological polar surface area (TPSA) is 60.5 Å². The van der Waals surface area contributed by atoms with Crippen LogP contribution in [-0.4, -0.2) is 48.4 Å². The first-order valence-electron chi connectivity index (χ1n) is 6.22. The van der Waals surface area contributed by atoms with Gasteiger partial charge in [0, 0.05) is 32.6 Å². The third-order valence-electron chi connectivity index (χ3n) is 3.17. The summed E-state index contributed by atoms with van der Waals surface area (Å²) in [5.74, 6) is 1.20. The molecule has 0 N–H and O–H groups in total. The van der Waals surface area contributed by atoms with E-state index in [1.54, 1.807) is 11.0 Å². The maximum Gasteiger partial charge on any atom is 0.289 e. The van der Waals surface area contributed by atoms with Crippen LogP contribution in [0.1, 0.15) is 23.2 Å². The van der Waals surface area contributed by atoms with Gasteiger partial charge in [0.2, 0.25) is 0 Å². The van der Waals surface area contributed by atoms with Crippen LogP contribution in [0.4, 0.5) is 0 Å². The summed E-state index contributed by atoms with van der Waals surface area (Å²) in [5, 5.41) is 8.61. The van der Waals surface area contributed by atoms with E-state index in [0.29, 0.717) is 25.4 Å². The van der Waals surface area contributed by atoms with Crippen LogP contribution < -0.4 is 0 Å². The van der Waals surface area contributed by atoms with Crippen molar-refractivity contribution in [3.8, 4) is 6.07 Å². The van der Waals surface area contributed by atoms with Crippen LogP contribution >= 0.6 is 0 Å². The zero-order valence-electron chi connectivity index (χ0n) is 10.6. The predicted molar refractivity (Wildman–Crippen MR) is 66.0 cm³/mol. The van der Waals surface area contributed by atoms with Crippen LogP contribution in [0, 0.1) is 11.3 Å². The van der Waals surface area contributed by atoms with Crippen molar-refractivity contribution in [1.82, 2.24) is 9.80 Å². The Labute approximate surface area is 107 Å². The Balaban J connectivity index is 1.93. The Morgan fingerprint density at radius 2 is 2.11 bits per heavy atom. The van der Waals surface area contributed by atoms with Gasteiger partial charge in [0.25, 0.3) is 5.91 Å². The van der Waals surface area contributed by atoms with Crippen LogP contribution in [-0.2, 0) is 6.42 Å². The highest BCUT2D eigenvalue weighted by atomic mass is 16.4. The largest absolute Gasteiger partial charge is 0.456 e. The fraction of sp³-hybridized carbons (Fsp3) is 0.538. The zero-order chi connectivity index (χ0) is 13.0. The van der Waals surface area contributed by atoms with Crippen LogP contribution in [0.25, 0.3) is 0 Å². The summed E-state index contributed by atoms with van der Waals surface area (Å²) in [7, 11) is 0. The quantitative estimate of drug-likeness (QED) is 0.751. The minimum Gasteiger partial charge on any atom is -0.456 e. The standard InChI is InChI=1S/C13H17N3O2/c1-2-11-3-4-12(18-11)13(17)16-9-7-15(6-5-14)8-10-16/h3-4H,2,6-10H2,1H3. The third-order valence-corrected chi connectivity index (χ3v) is 3.17. The molecular weight excluding hydrogens is 230 g/mol.